The fourth-order valence-electron chi connectivity index (χ4n) is 2.38. The highest BCUT2D eigenvalue weighted by atomic mass is 79.9. The van der Waals surface area contributed by atoms with Gasteiger partial charge in [0.2, 0.25) is 0 Å². The molecular weight excluding hydrogens is 294 g/mol. The van der Waals surface area contributed by atoms with E-state index in [4.69, 9.17) is 4.74 Å². The van der Waals surface area contributed by atoms with E-state index >= 15 is 0 Å². The molecule has 98 valence electrons. The fraction of sp³-hybridized carbons (Fsp3) is 0.500. The molecule has 0 radical (unpaired) electrons. The minimum Gasteiger partial charge on any atom is -0.375 e. The first kappa shape index (κ1) is 13.6. The third-order valence-corrected chi connectivity index (χ3v) is 3.61. The average molecular weight is 312 g/mol. The van der Waals surface area contributed by atoms with E-state index in [9.17, 15) is 4.79 Å². The monoisotopic (exact) mass is 311 g/mol. The summed E-state index contributed by atoms with van der Waals surface area (Å²) in [7, 11) is 1.56. The van der Waals surface area contributed by atoms with Crippen LogP contribution in [0.4, 0.5) is 5.69 Å². The Labute approximate surface area is 116 Å². The van der Waals surface area contributed by atoms with E-state index in [2.05, 4.69) is 34.1 Å². The van der Waals surface area contributed by atoms with Gasteiger partial charge in [0, 0.05) is 24.7 Å². The number of amides is 1. The SMILES string of the molecule is COCC(=O)N1CCCc2cc(CCBr)ccc21. The van der Waals surface area contributed by atoms with Crippen molar-refractivity contribution in [1.29, 1.82) is 0 Å². The normalized spacial score (nSPS) is 14.4. The number of anilines is 1. The molecule has 0 aliphatic carbocycles. The number of aryl methyl sites for hydroxylation is 2. The van der Waals surface area contributed by atoms with E-state index in [0.29, 0.717) is 0 Å². The number of methoxy groups -OCH3 is 1. The lowest BCUT2D eigenvalue weighted by atomic mass is 9.98. The zero-order valence-electron chi connectivity index (χ0n) is 10.6. The summed E-state index contributed by atoms with van der Waals surface area (Å²) in [4.78, 5) is 13.8. The van der Waals surface area contributed by atoms with Crippen LogP contribution in [0.5, 0.6) is 0 Å². The van der Waals surface area contributed by atoms with E-state index in [1.54, 1.807) is 7.11 Å². The van der Waals surface area contributed by atoms with Crippen molar-refractivity contribution in [2.24, 2.45) is 0 Å². The van der Waals surface area contributed by atoms with E-state index in [-0.39, 0.29) is 12.5 Å². The molecule has 2 rings (SSSR count). The molecule has 3 nitrogen and oxygen atoms in total. The van der Waals surface area contributed by atoms with E-state index in [0.717, 1.165) is 36.8 Å². The number of hydrogen-bond acceptors (Lipinski definition) is 2. The second kappa shape index (κ2) is 6.34. The van der Waals surface area contributed by atoms with E-state index in [1.807, 2.05) is 4.90 Å². The van der Waals surface area contributed by atoms with Crippen LogP contribution in [-0.4, -0.2) is 31.5 Å². The highest BCUT2D eigenvalue weighted by molar-refractivity contribution is 9.09. The van der Waals surface area contributed by atoms with Gasteiger partial charge in [0.1, 0.15) is 6.61 Å². The summed E-state index contributed by atoms with van der Waals surface area (Å²) in [6.07, 6.45) is 3.11. The minimum absolute atomic E-state index is 0.0479. The number of rotatable bonds is 4. The van der Waals surface area contributed by atoms with Crippen LogP contribution in [0.2, 0.25) is 0 Å². The van der Waals surface area contributed by atoms with Crippen molar-refractivity contribution in [3.05, 3.63) is 29.3 Å². The summed E-state index contributed by atoms with van der Waals surface area (Å²) in [5.74, 6) is 0.0479. The molecule has 0 spiro atoms. The van der Waals surface area contributed by atoms with Crippen molar-refractivity contribution in [1.82, 2.24) is 0 Å². The molecular formula is C14H18BrNO2. The maximum atomic E-state index is 12.0. The maximum Gasteiger partial charge on any atom is 0.252 e. The molecule has 0 N–H and O–H groups in total. The standard InChI is InChI=1S/C14H18BrNO2/c1-18-10-14(17)16-8-2-3-12-9-11(6-7-15)4-5-13(12)16/h4-5,9H,2-3,6-8,10H2,1H3. The predicted octanol–water partition coefficient (Wildman–Crippen LogP) is 2.55. The first-order valence-corrected chi connectivity index (χ1v) is 7.35. The second-order valence-corrected chi connectivity index (χ2v) is 5.28. The average Bonchev–Trinajstić information content (AvgIpc) is 2.38. The van der Waals surface area contributed by atoms with Crippen LogP contribution in [0.15, 0.2) is 18.2 Å². The Morgan fingerprint density at radius 1 is 1.50 bits per heavy atom. The van der Waals surface area contributed by atoms with Gasteiger partial charge in [-0.2, -0.15) is 0 Å². The number of carbonyl (C=O) groups excluding carboxylic acids is 1. The molecule has 0 saturated heterocycles. The van der Waals surface area contributed by atoms with Gasteiger partial charge < -0.3 is 9.64 Å². The van der Waals surface area contributed by atoms with Crippen LogP contribution in [0.1, 0.15) is 17.5 Å². The van der Waals surface area contributed by atoms with Crippen LogP contribution >= 0.6 is 15.9 Å². The van der Waals surface area contributed by atoms with Gasteiger partial charge in [-0.25, -0.2) is 0 Å². The van der Waals surface area contributed by atoms with Crippen molar-refractivity contribution >= 4 is 27.5 Å². The number of fused-ring (bicyclic) bond motifs is 1. The molecule has 0 unspecified atom stereocenters. The Hall–Kier alpha value is -0.870. The number of alkyl halides is 1. The van der Waals surface area contributed by atoms with Gasteiger partial charge in [0.25, 0.3) is 5.91 Å². The van der Waals surface area contributed by atoms with Crippen molar-refractivity contribution in [3.63, 3.8) is 0 Å². The smallest absolute Gasteiger partial charge is 0.252 e. The van der Waals surface area contributed by atoms with E-state index in [1.165, 1.54) is 11.1 Å². The zero-order valence-corrected chi connectivity index (χ0v) is 12.2. The third-order valence-electron chi connectivity index (χ3n) is 3.21. The van der Waals surface area contributed by atoms with Gasteiger partial charge in [-0.3, -0.25) is 4.79 Å². The van der Waals surface area contributed by atoms with Crippen LogP contribution < -0.4 is 4.90 Å². The van der Waals surface area contributed by atoms with Crippen LogP contribution in [-0.2, 0) is 22.4 Å². The highest BCUT2D eigenvalue weighted by Gasteiger charge is 2.22. The molecule has 1 aliphatic rings. The minimum atomic E-state index is 0.0479. The molecule has 0 saturated carbocycles. The summed E-state index contributed by atoms with van der Waals surface area (Å²) in [6, 6.07) is 6.40. The first-order chi connectivity index (χ1) is 8.76. The molecule has 1 aliphatic heterocycles. The number of halogens is 1. The number of hydrogen-bond donors (Lipinski definition) is 0. The molecule has 1 aromatic carbocycles. The van der Waals surface area contributed by atoms with Gasteiger partial charge in [-0.05, 0) is 36.5 Å². The Morgan fingerprint density at radius 2 is 2.33 bits per heavy atom. The molecule has 1 heterocycles. The van der Waals surface area contributed by atoms with Crippen LogP contribution in [0, 0.1) is 0 Å². The Kier molecular flexibility index (Phi) is 4.78. The van der Waals surface area contributed by atoms with Gasteiger partial charge in [-0.1, -0.05) is 28.1 Å². The summed E-state index contributed by atoms with van der Waals surface area (Å²) >= 11 is 3.46. The Bertz CT molecular complexity index is 434. The molecule has 0 fully saturated rings. The van der Waals surface area contributed by atoms with Crippen LogP contribution in [0.25, 0.3) is 0 Å². The lowest BCUT2D eigenvalue weighted by Gasteiger charge is -2.29. The summed E-state index contributed by atoms with van der Waals surface area (Å²) in [5, 5.41) is 0.970. The number of ether oxygens (including phenoxy) is 1. The quantitative estimate of drug-likeness (QED) is 0.800. The van der Waals surface area contributed by atoms with Crippen molar-refractivity contribution in [3.8, 4) is 0 Å². The Balaban J connectivity index is 2.24. The van der Waals surface area contributed by atoms with Gasteiger partial charge in [0.05, 0.1) is 0 Å². The first-order valence-electron chi connectivity index (χ1n) is 6.23. The lowest BCUT2D eigenvalue weighted by molar-refractivity contribution is -0.122. The van der Waals surface area contributed by atoms with Crippen molar-refractivity contribution in [2.75, 3.05) is 30.5 Å². The molecule has 1 amide bonds. The molecule has 0 aromatic heterocycles. The van der Waals surface area contributed by atoms with Gasteiger partial charge in [0.15, 0.2) is 0 Å². The third kappa shape index (κ3) is 2.93. The summed E-state index contributed by atoms with van der Waals surface area (Å²) in [5.41, 5.74) is 3.66. The number of benzene rings is 1. The lowest BCUT2D eigenvalue weighted by Crippen LogP contribution is -2.37. The molecule has 18 heavy (non-hydrogen) atoms. The van der Waals surface area contributed by atoms with E-state index < -0.39 is 0 Å². The zero-order chi connectivity index (χ0) is 13.0. The summed E-state index contributed by atoms with van der Waals surface area (Å²) in [6.45, 7) is 0.954. The van der Waals surface area contributed by atoms with Crippen LogP contribution in [0.3, 0.4) is 0 Å². The summed E-state index contributed by atoms with van der Waals surface area (Å²) < 4.78 is 4.94. The topological polar surface area (TPSA) is 29.5 Å². The van der Waals surface area contributed by atoms with Crippen molar-refractivity contribution < 1.29 is 9.53 Å². The predicted molar refractivity (Wildman–Crippen MR) is 76.5 cm³/mol. The molecule has 0 bridgehead atoms. The Morgan fingerprint density at radius 3 is 3.06 bits per heavy atom. The fourth-order valence-corrected chi connectivity index (χ4v) is 2.83. The largest absolute Gasteiger partial charge is 0.375 e. The number of nitrogens with zero attached hydrogens (tertiary/aromatic N) is 1. The number of carbonyl (C=O) groups is 1. The maximum absolute atomic E-state index is 12.0. The molecule has 0 atom stereocenters. The van der Waals surface area contributed by atoms with Crippen molar-refractivity contribution in [2.45, 2.75) is 19.3 Å². The van der Waals surface area contributed by atoms with Gasteiger partial charge >= 0.3 is 0 Å². The second-order valence-electron chi connectivity index (χ2n) is 4.48. The van der Waals surface area contributed by atoms with Gasteiger partial charge in [-0.15, -0.1) is 0 Å². The molecule has 4 heteroatoms. The highest BCUT2D eigenvalue weighted by Crippen LogP contribution is 2.28. The molecule has 1 aromatic rings.